The van der Waals surface area contributed by atoms with E-state index in [9.17, 15) is 8.78 Å². The highest BCUT2D eigenvalue weighted by Crippen LogP contribution is 2.46. The highest BCUT2D eigenvalue weighted by Gasteiger charge is 2.40. The van der Waals surface area contributed by atoms with E-state index in [4.69, 9.17) is 0 Å². The van der Waals surface area contributed by atoms with Crippen LogP contribution in [0.15, 0.2) is 0 Å². The molecule has 0 aromatic heterocycles. The van der Waals surface area contributed by atoms with E-state index in [0.717, 1.165) is 24.2 Å². The topological polar surface area (TPSA) is 0 Å². The zero-order valence-corrected chi connectivity index (χ0v) is 15.2. The first-order valence-corrected chi connectivity index (χ1v) is 10.2. The lowest BCUT2D eigenvalue weighted by molar-refractivity contribution is 0.0516. The highest BCUT2D eigenvalue weighted by molar-refractivity contribution is 7.17. The average Bonchev–Trinajstić information content (AvgIpc) is 2.53. The molecular formula is C19H33F2P. The van der Waals surface area contributed by atoms with E-state index < -0.39 is 12.3 Å². The molecule has 0 aliphatic heterocycles. The van der Waals surface area contributed by atoms with Gasteiger partial charge in [-0.25, -0.2) is 8.78 Å². The Bertz CT molecular complexity index is 333. The molecule has 3 aliphatic carbocycles. The summed E-state index contributed by atoms with van der Waals surface area (Å²) in [6.45, 7) is 2.39. The van der Waals surface area contributed by atoms with E-state index in [-0.39, 0.29) is 5.66 Å². The lowest BCUT2D eigenvalue weighted by Gasteiger charge is -2.42. The molecule has 128 valence electrons. The van der Waals surface area contributed by atoms with Gasteiger partial charge in [-0.2, -0.15) is 0 Å². The van der Waals surface area contributed by atoms with Gasteiger partial charge in [-0.1, -0.05) is 19.8 Å². The molecule has 0 bridgehead atoms. The van der Waals surface area contributed by atoms with Crippen LogP contribution in [0.1, 0.15) is 71.1 Å². The van der Waals surface area contributed by atoms with Gasteiger partial charge < -0.3 is 0 Å². The van der Waals surface area contributed by atoms with Crippen LogP contribution in [0, 0.1) is 29.6 Å². The van der Waals surface area contributed by atoms with E-state index in [1.54, 1.807) is 0 Å². The molecule has 3 saturated carbocycles. The summed E-state index contributed by atoms with van der Waals surface area (Å²) in [6.07, 6.45) is 9.81. The van der Waals surface area contributed by atoms with E-state index >= 15 is 0 Å². The maximum Gasteiger partial charge on any atom is 0.137 e. The summed E-state index contributed by atoms with van der Waals surface area (Å²) in [5.74, 6) is 3.91. The predicted octanol–water partition coefficient (Wildman–Crippen LogP) is 5.95. The SMILES string of the molecule is CC1CCC(C2CCC(C3CC(F)C(F)C(P)C3)CC2)CC1. The van der Waals surface area contributed by atoms with Crippen LogP contribution in [-0.2, 0) is 0 Å². The Hall–Kier alpha value is 0.290. The van der Waals surface area contributed by atoms with Crippen molar-refractivity contribution >= 4 is 9.24 Å². The van der Waals surface area contributed by atoms with E-state index in [2.05, 4.69) is 16.2 Å². The fourth-order valence-corrected chi connectivity index (χ4v) is 6.08. The lowest BCUT2D eigenvalue weighted by Crippen LogP contribution is -2.39. The van der Waals surface area contributed by atoms with Crippen LogP contribution in [0.2, 0.25) is 0 Å². The first-order valence-electron chi connectivity index (χ1n) is 9.58. The third-order valence-corrected chi connectivity index (χ3v) is 7.71. The maximum atomic E-state index is 13.8. The van der Waals surface area contributed by atoms with Crippen LogP contribution >= 0.6 is 9.24 Å². The summed E-state index contributed by atoms with van der Waals surface area (Å²) in [5.41, 5.74) is -0.161. The molecule has 0 aromatic carbocycles. The minimum atomic E-state index is -1.25. The molecule has 0 aromatic rings. The molecule has 5 atom stereocenters. The second kappa shape index (κ2) is 7.45. The van der Waals surface area contributed by atoms with Gasteiger partial charge in [0.1, 0.15) is 12.3 Å². The third kappa shape index (κ3) is 3.85. The van der Waals surface area contributed by atoms with Crippen molar-refractivity contribution in [2.45, 2.75) is 89.1 Å². The summed E-state index contributed by atoms with van der Waals surface area (Å²) < 4.78 is 27.5. The van der Waals surface area contributed by atoms with Crippen molar-refractivity contribution in [3.63, 3.8) is 0 Å². The van der Waals surface area contributed by atoms with Crippen LogP contribution < -0.4 is 0 Å². The van der Waals surface area contributed by atoms with E-state index in [0.29, 0.717) is 18.3 Å². The molecule has 3 aliphatic rings. The lowest BCUT2D eigenvalue weighted by atomic mass is 9.65. The van der Waals surface area contributed by atoms with Crippen LogP contribution in [-0.4, -0.2) is 18.0 Å². The molecule has 0 nitrogen and oxygen atoms in total. The molecule has 5 unspecified atom stereocenters. The zero-order chi connectivity index (χ0) is 15.7. The van der Waals surface area contributed by atoms with Crippen molar-refractivity contribution < 1.29 is 8.78 Å². The van der Waals surface area contributed by atoms with Crippen molar-refractivity contribution in [3.8, 4) is 0 Å². The van der Waals surface area contributed by atoms with Crippen molar-refractivity contribution in [2.24, 2.45) is 29.6 Å². The Morgan fingerprint density at radius 2 is 1.14 bits per heavy atom. The zero-order valence-electron chi connectivity index (χ0n) is 14.0. The van der Waals surface area contributed by atoms with Gasteiger partial charge in [0, 0.05) is 5.66 Å². The first-order chi connectivity index (χ1) is 10.5. The van der Waals surface area contributed by atoms with Crippen LogP contribution in [0.4, 0.5) is 8.78 Å². The fourth-order valence-electron chi connectivity index (χ4n) is 5.49. The molecule has 3 heteroatoms. The van der Waals surface area contributed by atoms with Crippen molar-refractivity contribution in [2.75, 3.05) is 0 Å². The van der Waals surface area contributed by atoms with Gasteiger partial charge in [0.25, 0.3) is 0 Å². The standard InChI is InChI=1S/C19H33F2P/c1-12-2-4-13(5-3-12)14-6-8-15(9-7-14)16-10-17(20)19(21)18(22)11-16/h12-19H,2-11,22H2,1H3. The number of hydrogen-bond donors (Lipinski definition) is 0. The van der Waals surface area contributed by atoms with Gasteiger partial charge in [-0.15, -0.1) is 9.24 Å². The minimum absolute atomic E-state index is 0.161. The fraction of sp³-hybridized carbons (Fsp3) is 1.00. The molecule has 22 heavy (non-hydrogen) atoms. The van der Waals surface area contributed by atoms with E-state index in [1.807, 2.05) is 0 Å². The van der Waals surface area contributed by atoms with Gasteiger partial charge in [-0.3, -0.25) is 0 Å². The van der Waals surface area contributed by atoms with Crippen molar-refractivity contribution in [1.82, 2.24) is 0 Å². The molecule has 0 N–H and O–H groups in total. The van der Waals surface area contributed by atoms with Crippen molar-refractivity contribution in [3.05, 3.63) is 0 Å². The molecule has 3 rings (SSSR count). The monoisotopic (exact) mass is 330 g/mol. The van der Waals surface area contributed by atoms with Gasteiger partial charge in [0.2, 0.25) is 0 Å². The molecule has 0 heterocycles. The van der Waals surface area contributed by atoms with Crippen molar-refractivity contribution in [1.29, 1.82) is 0 Å². The number of hydrogen-bond acceptors (Lipinski definition) is 0. The average molecular weight is 330 g/mol. The second-order valence-corrected chi connectivity index (χ2v) is 9.41. The minimum Gasteiger partial charge on any atom is -0.244 e. The summed E-state index contributed by atoms with van der Waals surface area (Å²) in [7, 11) is 2.55. The number of halogens is 2. The smallest absolute Gasteiger partial charge is 0.137 e. The molecule has 3 fully saturated rings. The van der Waals surface area contributed by atoms with Gasteiger partial charge in [0.15, 0.2) is 0 Å². The normalized spacial score (nSPS) is 50.7. The summed E-state index contributed by atoms with van der Waals surface area (Å²) >= 11 is 0. The molecular weight excluding hydrogens is 297 g/mol. The van der Waals surface area contributed by atoms with Crippen LogP contribution in [0.3, 0.4) is 0 Å². The van der Waals surface area contributed by atoms with Gasteiger partial charge in [0.05, 0.1) is 0 Å². The quantitative estimate of drug-likeness (QED) is 0.549. The van der Waals surface area contributed by atoms with Crippen LogP contribution in [0.25, 0.3) is 0 Å². The molecule has 0 spiro atoms. The predicted molar refractivity (Wildman–Crippen MR) is 92.6 cm³/mol. The highest BCUT2D eigenvalue weighted by atomic mass is 31.0. The first kappa shape index (κ1) is 17.1. The Balaban J connectivity index is 1.47. The Kier molecular flexibility index (Phi) is 5.80. The van der Waals surface area contributed by atoms with E-state index in [1.165, 1.54) is 51.4 Å². The maximum absolute atomic E-state index is 13.8. The van der Waals surface area contributed by atoms with Gasteiger partial charge in [-0.05, 0) is 81.0 Å². The Labute approximate surface area is 137 Å². The van der Waals surface area contributed by atoms with Crippen LogP contribution in [0.5, 0.6) is 0 Å². The third-order valence-electron chi connectivity index (χ3n) is 7.07. The Morgan fingerprint density at radius 3 is 1.64 bits per heavy atom. The molecule has 0 amide bonds. The number of alkyl halides is 2. The summed E-state index contributed by atoms with van der Waals surface area (Å²) in [6, 6.07) is 0. The largest absolute Gasteiger partial charge is 0.244 e. The molecule has 0 radical (unpaired) electrons. The Morgan fingerprint density at radius 1 is 0.682 bits per heavy atom. The molecule has 0 saturated heterocycles. The summed E-state index contributed by atoms with van der Waals surface area (Å²) in [4.78, 5) is 0. The number of rotatable bonds is 2. The van der Waals surface area contributed by atoms with Gasteiger partial charge >= 0.3 is 0 Å². The summed E-state index contributed by atoms with van der Waals surface area (Å²) in [5, 5.41) is 0. The second-order valence-electron chi connectivity index (χ2n) is 8.55.